The lowest BCUT2D eigenvalue weighted by molar-refractivity contribution is 0.363. The molecule has 0 aliphatic carbocycles. The van der Waals surface area contributed by atoms with Gasteiger partial charge in [-0.2, -0.15) is 4.98 Å². The van der Waals surface area contributed by atoms with Gasteiger partial charge in [0.1, 0.15) is 0 Å². The highest BCUT2D eigenvalue weighted by Crippen LogP contribution is 2.26. The maximum Gasteiger partial charge on any atom is 0.228 e. The molecular weight excluding hydrogens is 306 g/mol. The molecule has 0 saturated heterocycles. The van der Waals surface area contributed by atoms with Gasteiger partial charge in [0.05, 0.1) is 0 Å². The molecule has 0 saturated carbocycles. The highest BCUT2D eigenvalue weighted by atomic mass is 79.9. The lowest BCUT2D eigenvalue weighted by Crippen LogP contribution is -2.27. The molecule has 1 atom stereocenters. The van der Waals surface area contributed by atoms with E-state index in [1.165, 1.54) is 5.56 Å². The Kier molecular flexibility index (Phi) is 4.71. The van der Waals surface area contributed by atoms with Gasteiger partial charge in [-0.15, -0.1) is 0 Å². The van der Waals surface area contributed by atoms with Gasteiger partial charge in [0, 0.05) is 22.5 Å². The summed E-state index contributed by atoms with van der Waals surface area (Å²) in [6.07, 6.45) is 0.740. The minimum absolute atomic E-state index is 0.333. The van der Waals surface area contributed by atoms with E-state index in [0.29, 0.717) is 17.8 Å². The largest absolute Gasteiger partial charge is 0.339 e. The molecule has 5 heteroatoms. The van der Waals surface area contributed by atoms with Gasteiger partial charge >= 0.3 is 0 Å². The maximum atomic E-state index is 5.30. The molecule has 0 aliphatic rings. The monoisotopic (exact) mass is 323 g/mol. The highest BCUT2D eigenvalue weighted by molar-refractivity contribution is 9.10. The van der Waals surface area contributed by atoms with Crippen molar-refractivity contribution in [2.75, 3.05) is 6.54 Å². The molecule has 19 heavy (non-hydrogen) atoms. The molecule has 0 bridgehead atoms. The summed E-state index contributed by atoms with van der Waals surface area (Å²) in [6.45, 7) is 7.17. The molecule has 1 aromatic carbocycles. The van der Waals surface area contributed by atoms with Crippen molar-refractivity contribution in [3.8, 4) is 11.4 Å². The van der Waals surface area contributed by atoms with E-state index in [-0.39, 0.29) is 0 Å². The number of nitrogens with one attached hydrogen (secondary N) is 1. The summed E-state index contributed by atoms with van der Waals surface area (Å²) in [5.74, 6) is 1.29. The van der Waals surface area contributed by atoms with Crippen LogP contribution in [0.4, 0.5) is 0 Å². The zero-order chi connectivity index (χ0) is 13.8. The van der Waals surface area contributed by atoms with Crippen molar-refractivity contribution in [3.05, 3.63) is 34.1 Å². The molecule has 0 aliphatic heterocycles. The Balaban J connectivity index is 2.16. The molecule has 0 radical (unpaired) electrons. The van der Waals surface area contributed by atoms with Gasteiger partial charge in [0.2, 0.25) is 11.7 Å². The number of hydrogen-bond donors (Lipinski definition) is 1. The Bertz CT molecular complexity index is 553. The fourth-order valence-electron chi connectivity index (χ4n) is 1.93. The third-order valence-electron chi connectivity index (χ3n) is 2.87. The molecule has 2 rings (SSSR count). The zero-order valence-corrected chi connectivity index (χ0v) is 13.0. The Morgan fingerprint density at radius 3 is 2.89 bits per heavy atom. The van der Waals surface area contributed by atoms with E-state index in [2.05, 4.69) is 45.2 Å². The van der Waals surface area contributed by atoms with E-state index in [1.54, 1.807) is 0 Å². The van der Waals surface area contributed by atoms with Crippen molar-refractivity contribution >= 4 is 15.9 Å². The van der Waals surface area contributed by atoms with E-state index in [4.69, 9.17) is 4.52 Å². The van der Waals surface area contributed by atoms with Gasteiger partial charge in [0.15, 0.2) is 0 Å². The van der Waals surface area contributed by atoms with Gasteiger partial charge in [-0.3, -0.25) is 0 Å². The molecule has 4 nitrogen and oxygen atoms in total. The minimum atomic E-state index is 0.333. The highest BCUT2D eigenvalue weighted by Gasteiger charge is 2.13. The summed E-state index contributed by atoms with van der Waals surface area (Å²) in [5.41, 5.74) is 2.15. The Morgan fingerprint density at radius 1 is 1.42 bits per heavy atom. The number of hydrogen-bond acceptors (Lipinski definition) is 4. The number of nitrogens with zero attached hydrogens (tertiary/aromatic N) is 2. The summed E-state index contributed by atoms with van der Waals surface area (Å²) in [4.78, 5) is 4.45. The van der Waals surface area contributed by atoms with E-state index < -0.39 is 0 Å². The van der Waals surface area contributed by atoms with Crippen LogP contribution in [0.15, 0.2) is 27.2 Å². The molecule has 0 fully saturated rings. The predicted molar refractivity (Wildman–Crippen MR) is 79.0 cm³/mol. The summed E-state index contributed by atoms with van der Waals surface area (Å²) in [5, 5.41) is 7.37. The average Bonchev–Trinajstić information content (AvgIpc) is 2.77. The van der Waals surface area contributed by atoms with E-state index in [1.807, 2.05) is 25.1 Å². The topological polar surface area (TPSA) is 51.0 Å². The third-order valence-corrected chi connectivity index (χ3v) is 3.52. The standard InChI is InChI=1S/C14H18BrN3O/c1-4-16-10(3)8-13-17-14(18-19-13)11-6-5-9(2)7-12(11)15/h5-7,10,16H,4,8H2,1-3H3. The van der Waals surface area contributed by atoms with Gasteiger partial charge in [-0.25, -0.2) is 0 Å². The van der Waals surface area contributed by atoms with Crippen molar-refractivity contribution in [3.63, 3.8) is 0 Å². The van der Waals surface area contributed by atoms with Crippen LogP contribution in [0.5, 0.6) is 0 Å². The molecule has 1 aromatic heterocycles. The lowest BCUT2D eigenvalue weighted by atomic mass is 10.1. The summed E-state index contributed by atoms with van der Waals surface area (Å²) < 4.78 is 6.29. The number of halogens is 1. The third kappa shape index (κ3) is 3.64. The molecule has 1 N–H and O–H groups in total. The predicted octanol–water partition coefficient (Wildman–Crippen LogP) is 3.35. The van der Waals surface area contributed by atoms with Gasteiger partial charge < -0.3 is 9.84 Å². The molecule has 2 aromatic rings. The SMILES string of the molecule is CCNC(C)Cc1nc(-c2ccc(C)cc2Br)no1. The second-order valence-corrected chi connectivity index (χ2v) is 5.51. The normalized spacial score (nSPS) is 12.6. The summed E-state index contributed by atoms with van der Waals surface area (Å²) in [7, 11) is 0. The lowest BCUT2D eigenvalue weighted by Gasteiger charge is -2.07. The van der Waals surface area contributed by atoms with Crippen molar-refractivity contribution in [2.45, 2.75) is 33.2 Å². The van der Waals surface area contributed by atoms with Gasteiger partial charge in [0.25, 0.3) is 0 Å². The zero-order valence-electron chi connectivity index (χ0n) is 11.4. The van der Waals surface area contributed by atoms with Gasteiger partial charge in [-0.05, 0) is 38.1 Å². The van der Waals surface area contributed by atoms with Gasteiger partial charge in [-0.1, -0.05) is 34.1 Å². The molecule has 102 valence electrons. The number of aromatic nitrogens is 2. The van der Waals surface area contributed by atoms with Crippen LogP contribution in [0.1, 0.15) is 25.3 Å². The summed E-state index contributed by atoms with van der Waals surface area (Å²) >= 11 is 3.53. The first kappa shape index (κ1) is 14.2. The Morgan fingerprint density at radius 2 is 2.21 bits per heavy atom. The van der Waals surface area contributed by atoms with Crippen molar-refractivity contribution in [2.24, 2.45) is 0 Å². The molecular formula is C14H18BrN3O. The molecule has 1 unspecified atom stereocenters. The van der Waals surface area contributed by atoms with E-state index in [0.717, 1.165) is 23.0 Å². The average molecular weight is 324 g/mol. The summed E-state index contributed by atoms with van der Waals surface area (Å²) in [6, 6.07) is 6.42. The molecule has 0 spiro atoms. The van der Waals surface area contributed by atoms with E-state index >= 15 is 0 Å². The number of likely N-dealkylation sites (N-methyl/N-ethyl adjacent to an activating group) is 1. The Hall–Kier alpha value is -1.20. The smallest absolute Gasteiger partial charge is 0.228 e. The van der Waals surface area contributed by atoms with Crippen LogP contribution in [0.3, 0.4) is 0 Å². The van der Waals surface area contributed by atoms with Crippen molar-refractivity contribution < 1.29 is 4.52 Å². The number of aryl methyl sites for hydroxylation is 1. The fraction of sp³-hybridized carbons (Fsp3) is 0.429. The van der Waals surface area contributed by atoms with Crippen molar-refractivity contribution in [1.29, 1.82) is 0 Å². The first-order chi connectivity index (χ1) is 9.10. The fourth-order valence-corrected chi connectivity index (χ4v) is 2.60. The first-order valence-corrected chi connectivity index (χ1v) is 7.22. The van der Waals surface area contributed by atoms with Crippen molar-refractivity contribution in [1.82, 2.24) is 15.5 Å². The Labute approximate surface area is 121 Å². The maximum absolute atomic E-state index is 5.30. The van der Waals surface area contributed by atoms with Crippen LogP contribution in [-0.2, 0) is 6.42 Å². The number of benzene rings is 1. The van der Waals surface area contributed by atoms with Crippen LogP contribution >= 0.6 is 15.9 Å². The van der Waals surface area contributed by atoms with Crippen LogP contribution in [0.25, 0.3) is 11.4 Å². The number of rotatable bonds is 5. The van der Waals surface area contributed by atoms with Crippen LogP contribution in [0, 0.1) is 6.92 Å². The van der Waals surface area contributed by atoms with Crippen LogP contribution in [0.2, 0.25) is 0 Å². The van der Waals surface area contributed by atoms with Crippen LogP contribution < -0.4 is 5.32 Å². The molecule has 0 amide bonds. The molecule has 1 heterocycles. The second kappa shape index (κ2) is 6.30. The van der Waals surface area contributed by atoms with E-state index in [9.17, 15) is 0 Å². The minimum Gasteiger partial charge on any atom is -0.339 e. The first-order valence-electron chi connectivity index (χ1n) is 6.42. The second-order valence-electron chi connectivity index (χ2n) is 4.66. The van der Waals surface area contributed by atoms with Crippen LogP contribution in [-0.4, -0.2) is 22.7 Å². The quantitative estimate of drug-likeness (QED) is 0.916.